The molecule has 0 radical (unpaired) electrons. The summed E-state index contributed by atoms with van der Waals surface area (Å²) in [6.07, 6.45) is 14.0. The van der Waals surface area contributed by atoms with Crippen LogP contribution >= 0.6 is 24.8 Å². The van der Waals surface area contributed by atoms with Crippen LogP contribution in [-0.2, 0) is 26.2 Å². The van der Waals surface area contributed by atoms with E-state index in [0.29, 0.717) is 0 Å². The van der Waals surface area contributed by atoms with Gasteiger partial charge >= 0.3 is 0 Å². The number of halogens is 2. The molecule has 0 nitrogen and oxygen atoms in total. The van der Waals surface area contributed by atoms with Gasteiger partial charge in [0, 0.05) is 26.2 Å². The summed E-state index contributed by atoms with van der Waals surface area (Å²) >= 11 is 0. The summed E-state index contributed by atoms with van der Waals surface area (Å²) in [5, 5.41) is 0. The zero-order chi connectivity index (χ0) is 8.39. The summed E-state index contributed by atoms with van der Waals surface area (Å²) in [6, 6.07) is 0. The van der Waals surface area contributed by atoms with Crippen molar-refractivity contribution in [1.29, 1.82) is 0 Å². The third kappa shape index (κ3) is 4.76. The normalized spacial score (nSPS) is 20.3. The van der Waals surface area contributed by atoms with Crippen molar-refractivity contribution in [2.45, 2.75) is 45.4 Å². The van der Waals surface area contributed by atoms with Gasteiger partial charge in [-0.3, -0.25) is 6.08 Å². The molecule has 0 amide bonds. The first kappa shape index (κ1) is 18.3. The molecule has 15 heavy (non-hydrogen) atoms. The van der Waals surface area contributed by atoms with Crippen LogP contribution in [-0.4, -0.2) is 0 Å². The molecule has 0 heterocycles. The number of rotatable bonds is 1. The van der Waals surface area contributed by atoms with Crippen molar-refractivity contribution >= 4 is 24.8 Å². The van der Waals surface area contributed by atoms with E-state index < -0.39 is 0 Å². The first-order chi connectivity index (χ1) is 5.88. The van der Waals surface area contributed by atoms with Gasteiger partial charge in [-0.25, -0.2) is 5.57 Å². The summed E-state index contributed by atoms with van der Waals surface area (Å²) < 4.78 is 0. The van der Waals surface area contributed by atoms with Crippen LogP contribution in [0.15, 0.2) is 17.2 Å². The Morgan fingerprint density at radius 2 is 1.73 bits per heavy atom. The number of allylic oxidation sites excluding steroid dienone is 4. The summed E-state index contributed by atoms with van der Waals surface area (Å²) in [6.45, 7) is 2.22. The van der Waals surface area contributed by atoms with E-state index in [1.54, 1.807) is 5.57 Å². The molecule has 3 heteroatoms. The van der Waals surface area contributed by atoms with Crippen LogP contribution in [0.5, 0.6) is 0 Å². The Labute approximate surface area is 125 Å². The van der Waals surface area contributed by atoms with E-state index in [1.165, 1.54) is 37.7 Å². The Bertz CT molecular complexity index is 228. The van der Waals surface area contributed by atoms with Crippen LogP contribution in [0.2, 0.25) is 0 Å². The number of hydrogen-bond acceptors (Lipinski definition) is 0. The van der Waals surface area contributed by atoms with Crippen molar-refractivity contribution < 1.29 is 26.2 Å². The Balaban J connectivity index is 0. The molecule has 0 unspecified atom stereocenters. The molecular weight excluding hydrogens is 306 g/mol. The van der Waals surface area contributed by atoms with Crippen molar-refractivity contribution in [3.8, 4) is 0 Å². The maximum atomic E-state index is 3.39. The fourth-order valence-corrected chi connectivity index (χ4v) is 2.46. The van der Waals surface area contributed by atoms with E-state index in [9.17, 15) is 0 Å². The van der Waals surface area contributed by atoms with Gasteiger partial charge in [-0.1, -0.05) is 44.9 Å². The molecule has 0 atom stereocenters. The van der Waals surface area contributed by atoms with Gasteiger partial charge in [0.25, 0.3) is 0 Å². The molecule has 0 aliphatic heterocycles. The van der Waals surface area contributed by atoms with Crippen molar-refractivity contribution in [2.24, 2.45) is 5.92 Å². The van der Waals surface area contributed by atoms with Crippen molar-refractivity contribution in [2.75, 3.05) is 0 Å². The Kier molecular flexibility index (Phi) is 11.0. The summed E-state index contributed by atoms with van der Waals surface area (Å²) in [5.74, 6) is 0.883. The number of hydrogen-bond donors (Lipinski definition) is 0. The molecule has 2 rings (SSSR count). The van der Waals surface area contributed by atoms with Gasteiger partial charge in [-0.15, -0.1) is 31.2 Å². The van der Waals surface area contributed by atoms with E-state index in [-0.39, 0.29) is 51.0 Å². The first-order valence-electron chi connectivity index (χ1n) is 5.16. The topological polar surface area (TPSA) is 0 Å². The Morgan fingerprint density at radius 1 is 1.13 bits per heavy atom. The van der Waals surface area contributed by atoms with E-state index in [2.05, 4.69) is 19.1 Å². The molecule has 2 aliphatic carbocycles. The fraction of sp³-hybridized carbons (Fsp3) is 0.667. The molecule has 2 aliphatic rings. The van der Waals surface area contributed by atoms with Gasteiger partial charge in [0.15, 0.2) is 0 Å². The predicted molar refractivity (Wildman–Crippen MR) is 66.2 cm³/mol. The minimum Gasteiger partial charge on any atom is -0.269 e. The van der Waals surface area contributed by atoms with Gasteiger partial charge in [0.05, 0.1) is 0 Å². The van der Waals surface area contributed by atoms with E-state index in [4.69, 9.17) is 0 Å². The van der Waals surface area contributed by atoms with Crippen LogP contribution in [0.1, 0.15) is 45.4 Å². The molecule has 86 valence electrons. The zero-order valence-corrected chi connectivity index (χ0v) is 13.3. The fourth-order valence-electron chi connectivity index (χ4n) is 2.46. The Hall–Kier alpha value is 0.943. The van der Waals surface area contributed by atoms with Crippen molar-refractivity contribution in [3.63, 3.8) is 0 Å². The molecule has 1 fully saturated rings. The van der Waals surface area contributed by atoms with Gasteiger partial charge in [0.2, 0.25) is 0 Å². The molecule has 0 aromatic heterocycles. The third-order valence-electron chi connectivity index (χ3n) is 3.17. The maximum Gasteiger partial charge on any atom is 0 e. The summed E-state index contributed by atoms with van der Waals surface area (Å²) in [5.41, 5.74) is 3.05. The standard InChI is InChI=1S/C12H17.2ClH.Zr/c1-10-6-5-9-12(10)11-7-3-2-4-8-11;;;/h9,11H,2-5,7-8H2,1H3;2*1H;/q-1;;;. The van der Waals surface area contributed by atoms with Gasteiger partial charge in [-0.05, 0) is 0 Å². The third-order valence-corrected chi connectivity index (χ3v) is 3.17. The SMILES string of the molecule is CC1=[C-]CC=C1C1CCCCC1.Cl.Cl.[Zr]. The first-order valence-corrected chi connectivity index (χ1v) is 5.16. The summed E-state index contributed by atoms with van der Waals surface area (Å²) in [7, 11) is 0. The smallest absolute Gasteiger partial charge is 0 e. The van der Waals surface area contributed by atoms with Crippen molar-refractivity contribution in [1.82, 2.24) is 0 Å². The average Bonchev–Trinajstić information content (AvgIpc) is 2.53. The second kappa shape index (κ2) is 9.02. The van der Waals surface area contributed by atoms with E-state index >= 15 is 0 Å². The van der Waals surface area contributed by atoms with Crippen molar-refractivity contribution in [3.05, 3.63) is 23.3 Å². The largest absolute Gasteiger partial charge is 0.269 e. The van der Waals surface area contributed by atoms with Gasteiger partial charge in [0.1, 0.15) is 0 Å². The predicted octanol–water partition coefficient (Wildman–Crippen LogP) is 4.49. The Morgan fingerprint density at radius 3 is 2.20 bits per heavy atom. The molecule has 0 bridgehead atoms. The van der Waals surface area contributed by atoms with Crippen LogP contribution in [0, 0.1) is 12.0 Å². The second-order valence-electron chi connectivity index (χ2n) is 4.00. The van der Waals surface area contributed by atoms with E-state index in [1.807, 2.05) is 0 Å². The van der Waals surface area contributed by atoms with E-state index in [0.717, 1.165) is 12.3 Å². The molecule has 0 aromatic carbocycles. The molecule has 0 spiro atoms. The molecule has 0 N–H and O–H groups in total. The zero-order valence-electron chi connectivity index (χ0n) is 9.21. The van der Waals surface area contributed by atoms with Crippen LogP contribution in [0.25, 0.3) is 0 Å². The van der Waals surface area contributed by atoms with Crippen LogP contribution in [0.4, 0.5) is 0 Å². The van der Waals surface area contributed by atoms with Crippen LogP contribution in [0.3, 0.4) is 0 Å². The average molecular weight is 325 g/mol. The molecule has 0 saturated heterocycles. The molecule has 0 aromatic rings. The monoisotopic (exact) mass is 323 g/mol. The molecule has 1 saturated carbocycles. The van der Waals surface area contributed by atoms with Gasteiger partial charge < -0.3 is 0 Å². The van der Waals surface area contributed by atoms with Gasteiger partial charge in [-0.2, -0.15) is 11.6 Å². The minimum absolute atomic E-state index is 0. The summed E-state index contributed by atoms with van der Waals surface area (Å²) in [4.78, 5) is 0. The second-order valence-corrected chi connectivity index (χ2v) is 4.00. The van der Waals surface area contributed by atoms with Crippen LogP contribution < -0.4 is 0 Å². The minimum atomic E-state index is 0. The quantitative estimate of drug-likeness (QED) is 0.623. The molecular formula is C12H19Cl2Zr-. The maximum absolute atomic E-state index is 3.39.